The number of imidazole rings is 1. The third-order valence-electron chi connectivity index (χ3n) is 4.58. The SMILES string of the molecule is ClCCc1nc2cc(Br)ccc2n1CCCC1CCCC1. The molecule has 1 aliphatic carbocycles. The topological polar surface area (TPSA) is 17.8 Å². The first-order valence-electron chi connectivity index (χ1n) is 7.98. The fourth-order valence-electron chi connectivity index (χ4n) is 3.51. The van der Waals surface area contributed by atoms with Crippen molar-refractivity contribution in [2.45, 2.75) is 51.5 Å². The summed E-state index contributed by atoms with van der Waals surface area (Å²) >= 11 is 9.47. The Hall–Kier alpha value is -0.540. The number of halogens is 2. The Morgan fingerprint density at radius 3 is 2.86 bits per heavy atom. The van der Waals surface area contributed by atoms with E-state index in [1.807, 2.05) is 0 Å². The van der Waals surface area contributed by atoms with Crippen LogP contribution in [-0.2, 0) is 13.0 Å². The lowest BCUT2D eigenvalue weighted by Crippen LogP contribution is -2.06. The van der Waals surface area contributed by atoms with Crippen LogP contribution in [0, 0.1) is 5.92 Å². The fourth-order valence-corrected chi connectivity index (χ4v) is 4.03. The second kappa shape index (κ2) is 7.15. The molecule has 0 amide bonds. The van der Waals surface area contributed by atoms with Gasteiger partial charge in [0.1, 0.15) is 5.82 Å². The summed E-state index contributed by atoms with van der Waals surface area (Å²) in [5.41, 5.74) is 2.31. The number of fused-ring (bicyclic) bond motifs is 1. The van der Waals surface area contributed by atoms with E-state index in [0.717, 1.165) is 34.7 Å². The highest BCUT2D eigenvalue weighted by Crippen LogP contribution is 2.29. The van der Waals surface area contributed by atoms with Gasteiger partial charge in [-0.3, -0.25) is 0 Å². The number of alkyl halides is 1. The first kappa shape index (κ1) is 15.4. The summed E-state index contributed by atoms with van der Waals surface area (Å²) in [7, 11) is 0. The Morgan fingerprint density at radius 2 is 2.10 bits per heavy atom. The molecule has 1 saturated carbocycles. The highest BCUT2D eigenvalue weighted by Gasteiger charge is 2.15. The summed E-state index contributed by atoms with van der Waals surface area (Å²) in [5.74, 6) is 2.72. The predicted molar refractivity (Wildman–Crippen MR) is 93.0 cm³/mol. The highest BCUT2D eigenvalue weighted by molar-refractivity contribution is 9.10. The van der Waals surface area contributed by atoms with Crippen molar-refractivity contribution in [2.75, 3.05) is 5.88 Å². The van der Waals surface area contributed by atoms with Crippen LogP contribution in [0.15, 0.2) is 22.7 Å². The number of hydrogen-bond acceptors (Lipinski definition) is 1. The summed E-state index contributed by atoms with van der Waals surface area (Å²) in [6.07, 6.45) is 9.20. The van der Waals surface area contributed by atoms with Crippen molar-refractivity contribution >= 4 is 38.6 Å². The quantitative estimate of drug-likeness (QED) is 0.610. The van der Waals surface area contributed by atoms with E-state index in [1.165, 1.54) is 44.0 Å². The molecule has 21 heavy (non-hydrogen) atoms. The molecule has 0 N–H and O–H groups in total. The second-order valence-corrected chi connectivity index (χ2v) is 7.34. The van der Waals surface area contributed by atoms with E-state index in [2.05, 4.69) is 38.7 Å². The van der Waals surface area contributed by atoms with Crippen molar-refractivity contribution < 1.29 is 0 Å². The molecule has 0 atom stereocenters. The summed E-state index contributed by atoms with van der Waals surface area (Å²) in [6, 6.07) is 6.36. The van der Waals surface area contributed by atoms with E-state index in [-0.39, 0.29) is 0 Å². The van der Waals surface area contributed by atoms with Crippen molar-refractivity contribution in [3.05, 3.63) is 28.5 Å². The van der Waals surface area contributed by atoms with Crippen LogP contribution in [0.1, 0.15) is 44.3 Å². The van der Waals surface area contributed by atoms with Gasteiger partial charge < -0.3 is 4.57 Å². The van der Waals surface area contributed by atoms with Gasteiger partial charge in [0.15, 0.2) is 0 Å². The largest absolute Gasteiger partial charge is 0.328 e. The van der Waals surface area contributed by atoms with Crippen LogP contribution in [0.5, 0.6) is 0 Å². The lowest BCUT2D eigenvalue weighted by Gasteiger charge is -2.11. The van der Waals surface area contributed by atoms with Crippen molar-refractivity contribution in [1.82, 2.24) is 9.55 Å². The van der Waals surface area contributed by atoms with Crippen LogP contribution in [0.4, 0.5) is 0 Å². The van der Waals surface area contributed by atoms with E-state index in [4.69, 9.17) is 16.6 Å². The van der Waals surface area contributed by atoms with E-state index in [1.54, 1.807) is 0 Å². The van der Waals surface area contributed by atoms with E-state index >= 15 is 0 Å². The Labute approximate surface area is 140 Å². The molecule has 1 aromatic carbocycles. The number of benzene rings is 1. The van der Waals surface area contributed by atoms with Gasteiger partial charge in [0.2, 0.25) is 0 Å². The van der Waals surface area contributed by atoms with Gasteiger partial charge in [-0.2, -0.15) is 0 Å². The number of hydrogen-bond donors (Lipinski definition) is 0. The third-order valence-corrected chi connectivity index (χ3v) is 5.26. The minimum absolute atomic E-state index is 0.632. The van der Waals surface area contributed by atoms with Crippen molar-refractivity contribution in [3.8, 4) is 0 Å². The Balaban J connectivity index is 1.76. The maximum atomic E-state index is 5.94. The number of aryl methyl sites for hydroxylation is 2. The summed E-state index contributed by atoms with van der Waals surface area (Å²) in [4.78, 5) is 4.76. The molecule has 1 aromatic heterocycles. The molecular weight excluding hydrogens is 348 g/mol. The number of aromatic nitrogens is 2. The molecule has 4 heteroatoms. The molecule has 0 radical (unpaired) electrons. The second-order valence-electron chi connectivity index (χ2n) is 6.04. The van der Waals surface area contributed by atoms with E-state index < -0.39 is 0 Å². The molecule has 0 aliphatic heterocycles. The van der Waals surface area contributed by atoms with Crippen LogP contribution in [0.25, 0.3) is 11.0 Å². The molecule has 0 saturated heterocycles. The average Bonchev–Trinajstić information content (AvgIpc) is 3.08. The van der Waals surface area contributed by atoms with Gasteiger partial charge in [0.05, 0.1) is 11.0 Å². The Kier molecular flexibility index (Phi) is 5.23. The lowest BCUT2D eigenvalue weighted by molar-refractivity contribution is 0.458. The van der Waals surface area contributed by atoms with Crippen LogP contribution in [-0.4, -0.2) is 15.4 Å². The van der Waals surface area contributed by atoms with Crippen LogP contribution in [0.2, 0.25) is 0 Å². The number of nitrogens with zero attached hydrogens (tertiary/aromatic N) is 2. The van der Waals surface area contributed by atoms with Gasteiger partial charge in [-0.15, -0.1) is 11.6 Å². The average molecular weight is 370 g/mol. The molecule has 3 rings (SSSR count). The molecule has 2 nitrogen and oxygen atoms in total. The smallest absolute Gasteiger partial charge is 0.111 e. The molecule has 1 aliphatic rings. The molecule has 0 spiro atoms. The standard InChI is InChI=1S/C17H22BrClN2/c18-14-7-8-16-15(12-14)20-17(9-10-19)21(16)11-3-6-13-4-1-2-5-13/h7-8,12-13H,1-6,9-11H2. The van der Waals surface area contributed by atoms with E-state index in [9.17, 15) is 0 Å². The zero-order valence-electron chi connectivity index (χ0n) is 12.3. The normalized spacial score (nSPS) is 16.1. The third kappa shape index (κ3) is 3.62. The Morgan fingerprint density at radius 1 is 1.29 bits per heavy atom. The van der Waals surface area contributed by atoms with Gasteiger partial charge >= 0.3 is 0 Å². The van der Waals surface area contributed by atoms with Gasteiger partial charge in [0, 0.05) is 23.3 Å². The zero-order chi connectivity index (χ0) is 14.7. The first-order chi connectivity index (χ1) is 10.3. The Bertz CT molecular complexity index is 602. The minimum Gasteiger partial charge on any atom is -0.328 e. The molecule has 2 aromatic rings. The van der Waals surface area contributed by atoms with Crippen molar-refractivity contribution in [1.29, 1.82) is 0 Å². The first-order valence-corrected chi connectivity index (χ1v) is 9.31. The van der Waals surface area contributed by atoms with Gasteiger partial charge in [-0.05, 0) is 37.0 Å². The van der Waals surface area contributed by atoms with Crippen LogP contribution >= 0.6 is 27.5 Å². The van der Waals surface area contributed by atoms with Gasteiger partial charge in [-0.25, -0.2) is 4.98 Å². The monoisotopic (exact) mass is 368 g/mol. The highest BCUT2D eigenvalue weighted by atomic mass is 79.9. The summed E-state index contributed by atoms with van der Waals surface area (Å²) in [5, 5.41) is 0. The molecule has 1 fully saturated rings. The minimum atomic E-state index is 0.632. The molecule has 0 bridgehead atoms. The fraction of sp³-hybridized carbons (Fsp3) is 0.588. The van der Waals surface area contributed by atoms with Crippen LogP contribution in [0.3, 0.4) is 0 Å². The zero-order valence-corrected chi connectivity index (χ0v) is 14.7. The van der Waals surface area contributed by atoms with Crippen molar-refractivity contribution in [2.24, 2.45) is 5.92 Å². The van der Waals surface area contributed by atoms with Gasteiger partial charge in [-0.1, -0.05) is 41.6 Å². The summed E-state index contributed by atoms with van der Waals surface area (Å²) in [6.45, 7) is 1.07. The van der Waals surface area contributed by atoms with Crippen molar-refractivity contribution in [3.63, 3.8) is 0 Å². The number of rotatable bonds is 6. The molecular formula is C17H22BrClN2. The summed E-state index contributed by atoms with van der Waals surface area (Å²) < 4.78 is 3.46. The maximum absolute atomic E-state index is 5.94. The molecule has 1 heterocycles. The van der Waals surface area contributed by atoms with Crippen LogP contribution < -0.4 is 0 Å². The molecule has 0 unspecified atom stereocenters. The molecule has 114 valence electrons. The van der Waals surface area contributed by atoms with Gasteiger partial charge in [0.25, 0.3) is 0 Å². The predicted octanol–water partition coefficient (Wildman–Crippen LogP) is 5.55. The lowest BCUT2D eigenvalue weighted by atomic mass is 10.0. The maximum Gasteiger partial charge on any atom is 0.111 e. The van der Waals surface area contributed by atoms with E-state index in [0.29, 0.717) is 5.88 Å².